The van der Waals surface area contributed by atoms with Crippen LogP contribution >= 0.6 is 0 Å². The molecule has 2 aromatic rings. The van der Waals surface area contributed by atoms with Gasteiger partial charge in [-0.2, -0.15) is 4.21 Å². The number of benzene rings is 2. The van der Waals surface area contributed by atoms with Crippen molar-refractivity contribution in [1.82, 2.24) is 0 Å². The van der Waals surface area contributed by atoms with Gasteiger partial charge in [-0.15, -0.1) is 0 Å². The Hall–Kier alpha value is -1.72. The quantitative estimate of drug-likeness (QED) is 0.834. The highest BCUT2D eigenvalue weighted by Crippen LogP contribution is 2.12. The summed E-state index contributed by atoms with van der Waals surface area (Å²) in [7, 11) is 0. The molecule has 0 N–H and O–H groups in total. The molecule has 1 unspecified atom stereocenters. The Bertz CT molecular complexity index is 531. The van der Waals surface area contributed by atoms with Crippen LogP contribution in [0.4, 0.5) is 4.39 Å². The van der Waals surface area contributed by atoms with E-state index in [1.165, 1.54) is 6.07 Å². The molecule has 0 aliphatic carbocycles. The van der Waals surface area contributed by atoms with E-state index in [2.05, 4.69) is 0 Å². The molecule has 5 heteroatoms. The first-order valence-corrected chi connectivity index (χ1v) is 6.27. The molecule has 0 bridgehead atoms. The van der Waals surface area contributed by atoms with Gasteiger partial charge in [0, 0.05) is 5.56 Å². The zero-order valence-corrected chi connectivity index (χ0v) is 10.2. The Morgan fingerprint density at radius 2 is 1.67 bits per heavy atom. The summed E-state index contributed by atoms with van der Waals surface area (Å²) in [6.07, 6.45) is 0. The molecule has 0 heterocycles. The van der Waals surface area contributed by atoms with Crippen LogP contribution in [0.3, 0.4) is 0 Å². The summed E-state index contributed by atoms with van der Waals surface area (Å²) in [6, 6.07) is 14.8. The van der Waals surface area contributed by atoms with Crippen molar-refractivity contribution >= 4 is 11.4 Å². The molecule has 94 valence electrons. The van der Waals surface area contributed by atoms with Crippen molar-refractivity contribution in [2.24, 2.45) is 0 Å². The fourth-order valence-electron chi connectivity index (χ4n) is 1.31. The van der Waals surface area contributed by atoms with Crippen molar-refractivity contribution in [3.05, 3.63) is 66.0 Å². The largest absolute Gasteiger partial charge is 0.380 e. The molecule has 0 spiro atoms. The SMILES string of the molecule is O=S(OCc1ccccc1F)Oc1ccccc1. The topological polar surface area (TPSA) is 35.5 Å². The molecule has 0 aliphatic heterocycles. The maximum absolute atomic E-state index is 13.2. The Balaban J connectivity index is 1.88. The van der Waals surface area contributed by atoms with Crippen molar-refractivity contribution < 1.29 is 17.0 Å². The second-order valence-electron chi connectivity index (χ2n) is 3.45. The van der Waals surface area contributed by atoms with Crippen molar-refractivity contribution in [1.29, 1.82) is 0 Å². The Labute approximate surface area is 107 Å². The third kappa shape index (κ3) is 3.65. The maximum Gasteiger partial charge on any atom is 0.360 e. The van der Waals surface area contributed by atoms with Crippen LogP contribution in [0.25, 0.3) is 0 Å². The molecule has 0 amide bonds. The standard InChI is InChI=1S/C13H11FO3S/c14-13-9-5-4-6-11(13)10-16-18(15)17-12-7-2-1-3-8-12/h1-9H,10H2. The average Bonchev–Trinajstić information content (AvgIpc) is 2.39. The molecule has 0 radical (unpaired) electrons. The lowest BCUT2D eigenvalue weighted by Gasteiger charge is -2.05. The highest BCUT2D eigenvalue weighted by molar-refractivity contribution is 7.75. The van der Waals surface area contributed by atoms with Gasteiger partial charge in [-0.3, -0.25) is 4.18 Å². The number of halogens is 1. The van der Waals surface area contributed by atoms with Crippen LogP contribution in [0.1, 0.15) is 5.56 Å². The summed E-state index contributed by atoms with van der Waals surface area (Å²) in [4.78, 5) is 0. The molecule has 0 saturated heterocycles. The maximum atomic E-state index is 13.2. The lowest BCUT2D eigenvalue weighted by Crippen LogP contribution is -2.05. The van der Waals surface area contributed by atoms with Crippen LogP contribution in [-0.4, -0.2) is 4.21 Å². The van der Waals surface area contributed by atoms with E-state index in [0.717, 1.165) is 0 Å². The van der Waals surface area contributed by atoms with Gasteiger partial charge < -0.3 is 4.18 Å². The average molecular weight is 266 g/mol. The highest BCUT2D eigenvalue weighted by Gasteiger charge is 2.06. The molecule has 0 saturated carbocycles. The van der Waals surface area contributed by atoms with E-state index in [1.54, 1.807) is 42.5 Å². The van der Waals surface area contributed by atoms with Crippen LogP contribution in [-0.2, 0) is 22.2 Å². The second kappa shape index (κ2) is 6.28. The lowest BCUT2D eigenvalue weighted by atomic mass is 10.2. The Morgan fingerprint density at radius 1 is 1.00 bits per heavy atom. The van der Waals surface area contributed by atoms with Gasteiger partial charge in [0.15, 0.2) is 0 Å². The van der Waals surface area contributed by atoms with Gasteiger partial charge in [0.2, 0.25) is 0 Å². The van der Waals surface area contributed by atoms with Gasteiger partial charge in [0.25, 0.3) is 0 Å². The number of hydrogen-bond acceptors (Lipinski definition) is 3. The van der Waals surface area contributed by atoms with Crippen molar-refractivity contribution in [3.8, 4) is 5.75 Å². The van der Waals surface area contributed by atoms with Crippen LogP contribution in [0.15, 0.2) is 54.6 Å². The number of hydrogen-bond donors (Lipinski definition) is 0. The normalized spacial score (nSPS) is 12.1. The van der Waals surface area contributed by atoms with Gasteiger partial charge in [0.1, 0.15) is 11.6 Å². The van der Waals surface area contributed by atoms with Crippen molar-refractivity contribution in [2.45, 2.75) is 6.61 Å². The molecule has 0 aliphatic rings. The first kappa shape index (κ1) is 12.7. The zero-order chi connectivity index (χ0) is 12.8. The molecule has 3 nitrogen and oxygen atoms in total. The monoisotopic (exact) mass is 266 g/mol. The van der Waals surface area contributed by atoms with Gasteiger partial charge in [0.05, 0.1) is 6.61 Å². The van der Waals surface area contributed by atoms with Gasteiger partial charge in [-0.1, -0.05) is 36.4 Å². The molecular formula is C13H11FO3S. The highest BCUT2D eigenvalue weighted by atomic mass is 32.2. The molecule has 18 heavy (non-hydrogen) atoms. The minimum Gasteiger partial charge on any atom is -0.380 e. The minimum atomic E-state index is -1.95. The second-order valence-corrected chi connectivity index (χ2v) is 4.26. The van der Waals surface area contributed by atoms with Crippen LogP contribution in [0, 0.1) is 5.82 Å². The van der Waals surface area contributed by atoms with E-state index in [9.17, 15) is 8.60 Å². The van der Waals surface area contributed by atoms with Gasteiger partial charge in [-0.05, 0) is 18.2 Å². The van der Waals surface area contributed by atoms with Gasteiger partial charge in [-0.25, -0.2) is 4.39 Å². The summed E-state index contributed by atoms with van der Waals surface area (Å²) < 4.78 is 34.6. The summed E-state index contributed by atoms with van der Waals surface area (Å²) in [6.45, 7) is -0.105. The smallest absolute Gasteiger partial charge is 0.360 e. The van der Waals surface area contributed by atoms with E-state index in [-0.39, 0.29) is 6.61 Å². The molecule has 0 aromatic heterocycles. The van der Waals surface area contributed by atoms with Crippen LogP contribution in [0.2, 0.25) is 0 Å². The summed E-state index contributed by atoms with van der Waals surface area (Å²) in [5, 5.41) is 0. The lowest BCUT2D eigenvalue weighted by molar-refractivity contribution is 0.295. The molecular weight excluding hydrogens is 255 g/mol. The van der Waals surface area contributed by atoms with Crippen molar-refractivity contribution in [3.63, 3.8) is 0 Å². The fourth-order valence-corrected chi connectivity index (χ4v) is 1.85. The summed E-state index contributed by atoms with van der Waals surface area (Å²) in [5.41, 5.74) is 0.336. The van der Waals surface area contributed by atoms with Crippen LogP contribution in [0.5, 0.6) is 5.75 Å². The summed E-state index contributed by atoms with van der Waals surface area (Å²) >= 11 is -1.95. The summed E-state index contributed by atoms with van der Waals surface area (Å²) in [5.74, 6) is 0.0404. The number of para-hydroxylation sites is 1. The fraction of sp³-hybridized carbons (Fsp3) is 0.0769. The Kier molecular flexibility index (Phi) is 4.44. The van der Waals surface area contributed by atoms with Crippen LogP contribution < -0.4 is 4.18 Å². The van der Waals surface area contributed by atoms with E-state index in [4.69, 9.17) is 8.37 Å². The third-order valence-electron chi connectivity index (χ3n) is 2.18. The van der Waals surface area contributed by atoms with E-state index in [1.807, 2.05) is 6.07 Å². The van der Waals surface area contributed by atoms with Gasteiger partial charge >= 0.3 is 11.4 Å². The first-order valence-electron chi connectivity index (χ1n) is 5.27. The number of rotatable bonds is 5. The molecule has 0 fully saturated rings. The first-order chi connectivity index (χ1) is 8.75. The van der Waals surface area contributed by atoms with E-state index in [0.29, 0.717) is 11.3 Å². The molecule has 2 aromatic carbocycles. The molecule has 2 rings (SSSR count). The van der Waals surface area contributed by atoms with Crippen molar-refractivity contribution in [2.75, 3.05) is 0 Å². The minimum absolute atomic E-state index is 0.105. The zero-order valence-electron chi connectivity index (χ0n) is 9.41. The third-order valence-corrected chi connectivity index (χ3v) is 2.81. The Morgan fingerprint density at radius 3 is 2.39 bits per heavy atom. The van der Waals surface area contributed by atoms with E-state index < -0.39 is 17.2 Å². The predicted molar refractivity (Wildman–Crippen MR) is 66.4 cm³/mol. The molecule has 1 atom stereocenters. The van der Waals surface area contributed by atoms with E-state index >= 15 is 0 Å². The predicted octanol–water partition coefficient (Wildman–Crippen LogP) is 3.00.